The van der Waals surface area contributed by atoms with Crippen molar-refractivity contribution in [3.8, 4) is 0 Å². The molecule has 1 aromatic heterocycles. The van der Waals surface area contributed by atoms with Crippen LogP contribution >= 0.6 is 11.8 Å². The van der Waals surface area contributed by atoms with Crippen LogP contribution in [0, 0.1) is 12.8 Å². The second kappa shape index (κ2) is 6.65. The number of furan rings is 1. The zero-order chi connectivity index (χ0) is 14.6. The van der Waals surface area contributed by atoms with Crippen LogP contribution in [0.25, 0.3) is 0 Å². The van der Waals surface area contributed by atoms with Crippen LogP contribution in [0.15, 0.2) is 10.5 Å². The molecule has 0 spiro atoms. The molecule has 5 nitrogen and oxygen atoms in total. The minimum absolute atomic E-state index is 0.0265. The lowest BCUT2D eigenvalue weighted by molar-refractivity contribution is -0.137. The van der Waals surface area contributed by atoms with Gasteiger partial charge in [0.25, 0.3) is 0 Å². The molecule has 1 N–H and O–H groups in total. The van der Waals surface area contributed by atoms with Gasteiger partial charge in [0.2, 0.25) is 0 Å². The molecule has 19 heavy (non-hydrogen) atoms. The SMILES string of the molecule is COC(=O)c1cc(CSC(C(=O)O)C(C)C)oc1C. The maximum atomic E-state index is 11.4. The smallest absolute Gasteiger partial charge is 0.341 e. The average Bonchev–Trinajstić information content (AvgIpc) is 2.69. The van der Waals surface area contributed by atoms with Crippen LogP contribution in [-0.2, 0) is 15.3 Å². The summed E-state index contributed by atoms with van der Waals surface area (Å²) in [4.78, 5) is 22.5. The first kappa shape index (κ1) is 15.6. The summed E-state index contributed by atoms with van der Waals surface area (Å²) in [6.45, 7) is 5.40. The van der Waals surface area contributed by atoms with Crippen molar-refractivity contribution in [3.63, 3.8) is 0 Å². The fourth-order valence-corrected chi connectivity index (χ4v) is 2.66. The second-order valence-corrected chi connectivity index (χ2v) is 5.62. The van der Waals surface area contributed by atoms with Crippen LogP contribution < -0.4 is 0 Å². The van der Waals surface area contributed by atoms with Crippen LogP contribution in [0.4, 0.5) is 0 Å². The molecule has 6 heteroatoms. The summed E-state index contributed by atoms with van der Waals surface area (Å²) in [6.07, 6.45) is 0. The van der Waals surface area contributed by atoms with Gasteiger partial charge >= 0.3 is 11.9 Å². The summed E-state index contributed by atoms with van der Waals surface area (Å²) in [5.74, 6) is 0.215. The lowest BCUT2D eigenvalue weighted by Gasteiger charge is -2.14. The van der Waals surface area contributed by atoms with E-state index in [4.69, 9.17) is 9.52 Å². The van der Waals surface area contributed by atoms with Crippen molar-refractivity contribution < 1.29 is 23.8 Å². The third kappa shape index (κ3) is 4.02. The summed E-state index contributed by atoms with van der Waals surface area (Å²) >= 11 is 1.29. The Bertz CT molecular complexity index is 464. The van der Waals surface area contributed by atoms with Gasteiger partial charge in [-0.25, -0.2) is 4.79 Å². The molecule has 0 amide bonds. The largest absolute Gasteiger partial charge is 0.480 e. The number of thioether (sulfide) groups is 1. The third-order valence-electron chi connectivity index (χ3n) is 2.63. The molecule has 106 valence electrons. The number of ether oxygens (including phenoxy) is 1. The van der Waals surface area contributed by atoms with Crippen LogP contribution in [0.5, 0.6) is 0 Å². The molecule has 0 saturated heterocycles. The van der Waals surface area contributed by atoms with Crippen LogP contribution in [0.1, 0.15) is 35.7 Å². The number of carbonyl (C=O) groups excluding carboxylic acids is 1. The van der Waals surface area contributed by atoms with E-state index in [9.17, 15) is 9.59 Å². The molecule has 1 atom stereocenters. The highest BCUT2D eigenvalue weighted by molar-refractivity contribution is 7.99. The molecule has 1 heterocycles. The highest BCUT2D eigenvalue weighted by atomic mass is 32.2. The molecule has 0 aliphatic rings. The number of rotatable bonds is 6. The van der Waals surface area contributed by atoms with E-state index >= 15 is 0 Å². The number of carboxylic acids is 1. The maximum absolute atomic E-state index is 11.4. The first-order valence-electron chi connectivity index (χ1n) is 5.88. The molecular formula is C13H18O5S. The first-order chi connectivity index (χ1) is 8.86. The Morgan fingerprint density at radius 1 is 1.47 bits per heavy atom. The predicted octanol–water partition coefficient (Wildman–Crippen LogP) is 2.72. The van der Waals surface area contributed by atoms with Crippen molar-refractivity contribution in [1.29, 1.82) is 0 Å². The van der Waals surface area contributed by atoms with Crippen LogP contribution in [0.2, 0.25) is 0 Å². The zero-order valence-electron chi connectivity index (χ0n) is 11.4. The number of aryl methyl sites for hydroxylation is 1. The van der Waals surface area contributed by atoms with Gasteiger partial charge in [-0.3, -0.25) is 4.79 Å². The van der Waals surface area contributed by atoms with Gasteiger partial charge in [-0.15, -0.1) is 11.8 Å². The van der Waals surface area contributed by atoms with Crippen molar-refractivity contribution >= 4 is 23.7 Å². The van der Waals surface area contributed by atoms with E-state index in [1.165, 1.54) is 18.9 Å². The van der Waals surface area contributed by atoms with E-state index < -0.39 is 17.2 Å². The number of aliphatic carboxylic acids is 1. The van der Waals surface area contributed by atoms with Crippen molar-refractivity contribution in [3.05, 3.63) is 23.2 Å². The molecule has 1 unspecified atom stereocenters. The van der Waals surface area contributed by atoms with Gasteiger partial charge < -0.3 is 14.3 Å². The van der Waals surface area contributed by atoms with Crippen molar-refractivity contribution in [2.75, 3.05) is 7.11 Å². The van der Waals surface area contributed by atoms with Crippen molar-refractivity contribution in [2.24, 2.45) is 5.92 Å². The standard InChI is InChI=1S/C13H18O5S/c1-7(2)11(12(14)15)19-6-9-5-10(8(3)18-9)13(16)17-4/h5,7,11H,6H2,1-4H3,(H,14,15). The summed E-state index contributed by atoms with van der Waals surface area (Å²) in [5.41, 5.74) is 0.384. The Hall–Kier alpha value is -1.43. The number of carboxylic acid groups (broad SMARTS) is 1. The zero-order valence-corrected chi connectivity index (χ0v) is 12.2. The van der Waals surface area contributed by atoms with Gasteiger partial charge in [0.15, 0.2) is 0 Å². The minimum atomic E-state index is -0.837. The van der Waals surface area contributed by atoms with Gasteiger partial charge in [-0.1, -0.05) is 13.8 Å². The minimum Gasteiger partial charge on any atom is -0.480 e. The maximum Gasteiger partial charge on any atom is 0.341 e. The lowest BCUT2D eigenvalue weighted by atomic mass is 10.1. The van der Waals surface area contributed by atoms with E-state index in [2.05, 4.69) is 4.74 Å². The first-order valence-corrected chi connectivity index (χ1v) is 6.93. The molecule has 0 radical (unpaired) electrons. The lowest BCUT2D eigenvalue weighted by Crippen LogP contribution is -2.22. The van der Waals surface area contributed by atoms with E-state index in [-0.39, 0.29) is 5.92 Å². The quantitative estimate of drug-likeness (QED) is 0.810. The Labute approximate surface area is 116 Å². The monoisotopic (exact) mass is 286 g/mol. The summed E-state index contributed by atoms with van der Waals surface area (Å²) in [7, 11) is 1.31. The molecule has 1 rings (SSSR count). The summed E-state index contributed by atoms with van der Waals surface area (Å²) in [5, 5.41) is 8.59. The normalized spacial score (nSPS) is 12.5. The number of esters is 1. The molecule has 0 saturated carbocycles. The van der Waals surface area contributed by atoms with Crippen LogP contribution in [0.3, 0.4) is 0 Å². The van der Waals surface area contributed by atoms with Gasteiger partial charge in [-0.05, 0) is 18.9 Å². The van der Waals surface area contributed by atoms with Crippen molar-refractivity contribution in [1.82, 2.24) is 0 Å². The predicted molar refractivity (Wildman–Crippen MR) is 72.3 cm³/mol. The molecule has 1 aromatic rings. The van der Waals surface area contributed by atoms with Gasteiger partial charge in [0.05, 0.1) is 12.9 Å². The fraction of sp³-hybridized carbons (Fsp3) is 0.538. The van der Waals surface area contributed by atoms with Gasteiger partial charge in [0, 0.05) is 0 Å². The third-order valence-corrected chi connectivity index (χ3v) is 4.18. The topological polar surface area (TPSA) is 76.7 Å². The Balaban J connectivity index is 2.73. The van der Waals surface area contributed by atoms with E-state index in [0.29, 0.717) is 22.8 Å². The Morgan fingerprint density at radius 2 is 2.11 bits per heavy atom. The summed E-state index contributed by atoms with van der Waals surface area (Å²) < 4.78 is 10.1. The Kier molecular flexibility index (Phi) is 5.47. The highest BCUT2D eigenvalue weighted by Crippen LogP contribution is 2.26. The molecule has 0 fully saturated rings. The molecule has 0 bridgehead atoms. The van der Waals surface area contributed by atoms with E-state index in [0.717, 1.165) is 0 Å². The van der Waals surface area contributed by atoms with E-state index in [1.807, 2.05) is 13.8 Å². The molecule has 0 aliphatic carbocycles. The molecule has 0 aliphatic heterocycles. The summed E-state index contributed by atoms with van der Waals surface area (Å²) in [6, 6.07) is 1.60. The number of methoxy groups -OCH3 is 1. The average molecular weight is 286 g/mol. The Morgan fingerprint density at radius 3 is 2.58 bits per heavy atom. The number of carbonyl (C=O) groups is 2. The fourth-order valence-electron chi connectivity index (χ4n) is 1.65. The second-order valence-electron chi connectivity index (χ2n) is 4.49. The molecule has 0 aromatic carbocycles. The molecular weight excluding hydrogens is 268 g/mol. The van der Waals surface area contributed by atoms with Crippen LogP contribution in [-0.4, -0.2) is 29.4 Å². The van der Waals surface area contributed by atoms with Gasteiger partial charge in [-0.2, -0.15) is 0 Å². The van der Waals surface area contributed by atoms with Gasteiger partial charge in [0.1, 0.15) is 22.3 Å². The number of hydrogen-bond donors (Lipinski definition) is 1. The number of hydrogen-bond acceptors (Lipinski definition) is 5. The van der Waals surface area contributed by atoms with Crippen molar-refractivity contribution in [2.45, 2.75) is 31.8 Å². The highest BCUT2D eigenvalue weighted by Gasteiger charge is 2.23. The van der Waals surface area contributed by atoms with E-state index in [1.54, 1.807) is 13.0 Å².